The molecule has 2 atom stereocenters. The highest BCUT2D eigenvalue weighted by atomic mass is 32.1. The molecule has 2 aromatic rings. The Kier molecular flexibility index (Phi) is 3.15. The minimum atomic E-state index is 0.787. The van der Waals surface area contributed by atoms with Gasteiger partial charge in [-0.3, -0.25) is 4.90 Å². The van der Waals surface area contributed by atoms with Crippen LogP contribution in [-0.2, 0) is 6.54 Å². The molecule has 1 saturated carbocycles. The Morgan fingerprint density at radius 1 is 1.45 bits per heavy atom. The molecule has 0 spiro atoms. The Hall–Kier alpha value is -1.13. The lowest BCUT2D eigenvalue weighted by Gasteiger charge is -2.23. The van der Waals surface area contributed by atoms with Crippen LogP contribution in [0, 0.1) is 12.8 Å². The third kappa shape index (κ3) is 2.21. The second-order valence-corrected chi connectivity index (χ2v) is 7.06. The number of aromatic nitrogens is 1. The van der Waals surface area contributed by atoms with Crippen LogP contribution < -0.4 is 0 Å². The van der Waals surface area contributed by atoms with Crippen molar-refractivity contribution in [1.82, 2.24) is 9.88 Å². The summed E-state index contributed by atoms with van der Waals surface area (Å²) in [6, 6.07) is 4.90. The van der Waals surface area contributed by atoms with Gasteiger partial charge in [-0.15, -0.1) is 11.3 Å². The fourth-order valence-corrected chi connectivity index (χ4v) is 4.36. The molecule has 20 heavy (non-hydrogen) atoms. The zero-order chi connectivity index (χ0) is 13.5. The van der Waals surface area contributed by atoms with Crippen LogP contribution in [-0.4, -0.2) is 22.5 Å². The first-order valence-electron chi connectivity index (χ1n) is 7.54. The van der Waals surface area contributed by atoms with E-state index in [9.17, 15) is 0 Å². The predicted molar refractivity (Wildman–Crippen MR) is 80.7 cm³/mol. The van der Waals surface area contributed by atoms with E-state index in [1.807, 2.05) is 13.0 Å². The molecule has 0 N–H and O–H groups in total. The molecule has 2 aromatic heterocycles. The minimum absolute atomic E-state index is 0.787. The van der Waals surface area contributed by atoms with Gasteiger partial charge in [0.25, 0.3) is 0 Å². The van der Waals surface area contributed by atoms with E-state index in [4.69, 9.17) is 9.40 Å². The SMILES string of the molecule is Cc1oc(-c2cccs2)nc1CN1C[C@@H]2CCC[C@H]1C2. The first kappa shape index (κ1) is 12.6. The summed E-state index contributed by atoms with van der Waals surface area (Å²) in [4.78, 5) is 8.48. The quantitative estimate of drug-likeness (QED) is 0.852. The van der Waals surface area contributed by atoms with Gasteiger partial charge in [-0.05, 0) is 43.6 Å². The molecule has 1 saturated heterocycles. The van der Waals surface area contributed by atoms with Gasteiger partial charge in [0.1, 0.15) is 5.76 Å². The molecule has 4 rings (SSSR count). The van der Waals surface area contributed by atoms with Gasteiger partial charge in [-0.2, -0.15) is 0 Å². The summed E-state index contributed by atoms with van der Waals surface area (Å²) in [5.74, 6) is 2.70. The van der Waals surface area contributed by atoms with Crippen molar-refractivity contribution in [2.24, 2.45) is 5.92 Å². The Bertz CT molecular complexity index is 590. The molecule has 2 fully saturated rings. The van der Waals surface area contributed by atoms with Crippen LogP contribution in [0.15, 0.2) is 21.9 Å². The smallest absolute Gasteiger partial charge is 0.236 e. The van der Waals surface area contributed by atoms with Gasteiger partial charge in [0, 0.05) is 19.1 Å². The van der Waals surface area contributed by atoms with Crippen molar-refractivity contribution in [2.45, 2.75) is 45.2 Å². The largest absolute Gasteiger partial charge is 0.440 e. The number of fused-ring (bicyclic) bond motifs is 2. The summed E-state index contributed by atoms with van der Waals surface area (Å²) in [6.07, 6.45) is 5.59. The summed E-state index contributed by atoms with van der Waals surface area (Å²) < 4.78 is 5.85. The monoisotopic (exact) mass is 288 g/mol. The van der Waals surface area contributed by atoms with Gasteiger partial charge in [-0.1, -0.05) is 12.5 Å². The molecule has 2 bridgehead atoms. The molecular formula is C16H20N2OS. The topological polar surface area (TPSA) is 29.3 Å². The van der Waals surface area contributed by atoms with E-state index in [1.54, 1.807) is 11.3 Å². The van der Waals surface area contributed by atoms with Crippen molar-refractivity contribution in [3.8, 4) is 10.8 Å². The normalized spacial score (nSPS) is 26.2. The Morgan fingerprint density at radius 3 is 3.20 bits per heavy atom. The summed E-state index contributed by atoms with van der Waals surface area (Å²) in [6.45, 7) is 4.26. The maximum atomic E-state index is 5.85. The van der Waals surface area contributed by atoms with Crippen LogP contribution in [0.3, 0.4) is 0 Å². The highest BCUT2D eigenvalue weighted by Crippen LogP contribution is 2.36. The molecule has 0 aromatic carbocycles. The first-order valence-corrected chi connectivity index (χ1v) is 8.42. The van der Waals surface area contributed by atoms with Gasteiger partial charge in [0.05, 0.1) is 10.6 Å². The van der Waals surface area contributed by atoms with Gasteiger partial charge >= 0.3 is 0 Å². The zero-order valence-corrected chi connectivity index (χ0v) is 12.7. The van der Waals surface area contributed by atoms with Crippen LogP contribution in [0.1, 0.15) is 37.1 Å². The molecule has 4 heteroatoms. The van der Waals surface area contributed by atoms with E-state index in [0.29, 0.717) is 0 Å². The van der Waals surface area contributed by atoms with Crippen molar-refractivity contribution in [1.29, 1.82) is 0 Å². The lowest BCUT2D eigenvalue weighted by molar-refractivity contribution is 0.233. The third-order valence-electron chi connectivity index (χ3n) is 4.74. The fourth-order valence-electron chi connectivity index (χ4n) is 3.71. The van der Waals surface area contributed by atoms with Crippen molar-refractivity contribution >= 4 is 11.3 Å². The Balaban J connectivity index is 1.54. The molecule has 1 aliphatic carbocycles. The molecule has 2 aliphatic rings. The number of thiophene rings is 1. The molecule has 1 aliphatic heterocycles. The van der Waals surface area contributed by atoms with E-state index < -0.39 is 0 Å². The van der Waals surface area contributed by atoms with Crippen LogP contribution >= 0.6 is 11.3 Å². The van der Waals surface area contributed by atoms with Crippen LogP contribution in [0.2, 0.25) is 0 Å². The van der Waals surface area contributed by atoms with Crippen LogP contribution in [0.5, 0.6) is 0 Å². The fraction of sp³-hybridized carbons (Fsp3) is 0.562. The number of likely N-dealkylation sites (tertiary alicyclic amines) is 1. The second kappa shape index (κ2) is 5.01. The van der Waals surface area contributed by atoms with Crippen molar-refractivity contribution in [3.05, 3.63) is 29.0 Å². The highest BCUT2D eigenvalue weighted by Gasteiger charge is 2.35. The molecule has 0 unspecified atom stereocenters. The number of oxazole rings is 1. The second-order valence-electron chi connectivity index (χ2n) is 6.12. The standard InChI is InChI=1S/C16H20N2OS/c1-11-14(17-16(19-11)15-6-3-7-20-15)10-18-9-12-4-2-5-13(18)8-12/h3,6-7,12-13H,2,4-5,8-10H2,1H3/t12-,13+/m1/s1. The summed E-state index contributed by atoms with van der Waals surface area (Å²) >= 11 is 1.69. The highest BCUT2D eigenvalue weighted by molar-refractivity contribution is 7.13. The first-order chi connectivity index (χ1) is 9.79. The third-order valence-corrected chi connectivity index (χ3v) is 5.60. The van der Waals surface area contributed by atoms with E-state index in [-0.39, 0.29) is 0 Å². The molecule has 3 heterocycles. The number of hydrogen-bond donors (Lipinski definition) is 0. The lowest BCUT2D eigenvalue weighted by atomic mass is 9.90. The number of nitrogens with zero attached hydrogens (tertiary/aromatic N) is 2. The lowest BCUT2D eigenvalue weighted by Crippen LogP contribution is -2.28. The van der Waals surface area contributed by atoms with E-state index in [2.05, 4.69) is 16.3 Å². The summed E-state index contributed by atoms with van der Waals surface area (Å²) in [7, 11) is 0. The van der Waals surface area contributed by atoms with E-state index in [1.165, 1.54) is 32.2 Å². The van der Waals surface area contributed by atoms with Crippen molar-refractivity contribution in [3.63, 3.8) is 0 Å². The van der Waals surface area contributed by atoms with Gasteiger partial charge < -0.3 is 4.42 Å². The molecule has 0 radical (unpaired) electrons. The molecular weight excluding hydrogens is 268 g/mol. The number of hydrogen-bond acceptors (Lipinski definition) is 4. The molecule has 3 nitrogen and oxygen atoms in total. The number of rotatable bonds is 3. The van der Waals surface area contributed by atoms with Crippen LogP contribution in [0.25, 0.3) is 10.8 Å². The van der Waals surface area contributed by atoms with E-state index in [0.717, 1.165) is 40.7 Å². The zero-order valence-electron chi connectivity index (χ0n) is 11.8. The maximum Gasteiger partial charge on any atom is 0.236 e. The Labute approximate surface area is 123 Å². The minimum Gasteiger partial charge on any atom is -0.440 e. The molecule has 0 amide bonds. The summed E-state index contributed by atoms with van der Waals surface area (Å²) in [5.41, 5.74) is 1.13. The average Bonchev–Trinajstić information content (AvgIpc) is 3.13. The Morgan fingerprint density at radius 2 is 2.40 bits per heavy atom. The van der Waals surface area contributed by atoms with Crippen molar-refractivity contribution < 1.29 is 4.42 Å². The van der Waals surface area contributed by atoms with Crippen LogP contribution in [0.4, 0.5) is 0 Å². The predicted octanol–water partition coefficient (Wildman–Crippen LogP) is 4.09. The van der Waals surface area contributed by atoms with E-state index >= 15 is 0 Å². The summed E-state index contributed by atoms with van der Waals surface area (Å²) in [5, 5.41) is 2.07. The van der Waals surface area contributed by atoms with Crippen molar-refractivity contribution in [2.75, 3.05) is 6.54 Å². The number of aryl methyl sites for hydroxylation is 1. The van der Waals surface area contributed by atoms with Gasteiger partial charge in [0.2, 0.25) is 5.89 Å². The molecule has 106 valence electrons. The van der Waals surface area contributed by atoms with Gasteiger partial charge in [-0.25, -0.2) is 4.98 Å². The maximum absolute atomic E-state index is 5.85. The van der Waals surface area contributed by atoms with Gasteiger partial charge in [0.15, 0.2) is 0 Å². The average molecular weight is 288 g/mol.